The van der Waals surface area contributed by atoms with Crippen molar-refractivity contribution in [1.82, 2.24) is 5.48 Å². The van der Waals surface area contributed by atoms with Crippen LogP contribution in [0.25, 0.3) is 10.8 Å². The van der Waals surface area contributed by atoms with Gasteiger partial charge in [-0.15, -0.1) is 0 Å². The number of hydrogen-bond acceptors (Lipinski definition) is 3. The van der Waals surface area contributed by atoms with E-state index in [-0.39, 0.29) is 12.5 Å². The molecule has 0 spiro atoms. The van der Waals surface area contributed by atoms with Crippen LogP contribution in [0.2, 0.25) is 0 Å². The van der Waals surface area contributed by atoms with E-state index in [1.54, 1.807) is 0 Å². The fraction of sp³-hybridized carbons (Fsp3) is 0.154. The molecule has 5 heteroatoms. The number of nitrogens with one attached hydrogen (secondary N) is 1. The van der Waals surface area contributed by atoms with Crippen LogP contribution in [-0.2, 0) is 9.63 Å². The predicted molar refractivity (Wildman–Crippen MR) is 72.3 cm³/mol. The molecule has 0 saturated carbocycles. The summed E-state index contributed by atoms with van der Waals surface area (Å²) in [7, 11) is 1.38. The number of amides is 1. The van der Waals surface area contributed by atoms with Gasteiger partial charge in [-0.3, -0.25) is 9.63 Å². The number of hydrogen-bond donors (Lipinski definition) is 1. The second kappa shape index (κ2) is 5.84. The highest BCUT2D eigenvalue weighted by Gasteiger charge is 2.08. The van der Waals surface area contributed by atoms with Crippen molar-refractivity contribution in [1.29, 1.82) is 0 Å². The molecule has 0 unspecified atom stereocenters. The average molecular weight is 310 g/mol. The highest BCUT2D eigenvalue weighted by Crippen LogP contribution is 2.32. The summed E-state index contributed by atoms with van der Waals surface area (Å²) in [5.41, 5.74) is 2.19. The van der Waals surface area contributed by atoms with Crippen molar-refractivity contribution in [2.45, 2.75) is 0 Å². The molecule has 1 amide bonds. The number of carbonyl (C=O) groups is 1. The molecule has 2 aromatic rings. The Labute approximate surface area is 113 Å². The lowest BCUT2D eigenvalue weighted by atomic mass is 10.1. The summed E-state index contributed by atoms with van der Waals surface area (Å²) in [5, 5.41) is 2.15. The van der Waals surface area contributed by atoms with E-state index in [1.807, 2.05) is 36.4 Å². The molecule has 4 nitrogen and oxygen atoms in total. The summed E-state index contributed by atoms with van der Waals surface area (Å²) < 4.78 is 6.26. The van der Waals surface area contributed by atoms with Gasteiger partial charge in [0.1, 0.15) is 5.75 Å². The Morgan fingerprint density at radius 3 is 2.83 bits per heavy atom. The Kier molecular flexibility index (Phi) is 4.17. The van der Waals surface area contributed by atoms with E-state index in [2.05, 4.69) is 26.2 Å². The van der Waals surface area contributed by atoms with Gasteiger partial charge in [0.2, 0.25) is 0 Å². The van der Waals surface area contributed by atoms with Crippen molar-refractivity contribution in [3.8, 4) is 5.75 Å². The molecule has 0 aliphatic rings. The summed E-state index contributed by atoms with van der Waals surface area (Å²) in [4.78, 5) is 15.7. The summed E-state index contributed by atoms with van der Waals surface area (Å²) in [6.45, 7) is -0.0925. The number of hydroxylamine groups is 1. The van der Waals surface area contributed by atoms with E-state index in [1.165, 1.54) is 7.11 Å². The van der Waals surface area contributed by atoms with Crippen LogP contribution in [0.4, 0.5) is 0 Å². The summed E-state index contributed by atoms with van der Waals surface area (Å²) in [6.07, 6.45) is 0. The highest BCUT2D eigenvalue weighted by atomic mass is 79.9. The number of benzene rings is 2. The van der Waals surface area contributed by atoms with Crippen LogP contribution in [0.5, 0.6) is 5.75 Å². The number of carbonyl (C=O) groups excluding carboxylic acids is 1. The van der Waals surface area contributed by atoms with Gasteiger partial charge in [0.05, 0.1) is 11.6 Å². The SMILES string of the molecule is CONC(=O)COc1ccc2ccccc2c1Br. The van der Waals surface area contributed by atoms with E-state index in [0.29, 0.717) is 5.75 Å². The van der Waals surface area contributed by atoms with Gasteiger partial charge in [0, 0.05) is 0 Å². The van der Waals surface area contributed by atoms with Crippen LogP contribution in [0.1, 0.15) is 0 Å². The monoisotopic (exact) mass is 309 g/mol. The van der Waals surface area contributed by atoms with Crippen LogP contribution in [0.15, 0.2) is 40.9 Å². The molecular formula is C13H12BrNO3. The molecule has 2 aromatic carbocycles. The second-order valence-electron chi connectivity index (χ2n) is 3.62. The lowest BCUT2D eigenvalue weighted by Gasteiger charge is -2.09. The molecule has 0 atom stereocenters. The van der Waals surface area contributed by atoms with E-state index in [4.69, 9.17) is 4.74 Å². The Bertz CT molecular complexity index is 571. The van der Waals surface area contributed by atoms with Gasteiger partial charge in [-0.05, 0) is 32.8 Å². The Morgan fingerprint density at radius 2 is 2.06 bits per heavy atom. The summed E-state index contributed by atoms with van der Waals surface area (Å²) in [5.74, 6) is 0.289. The van der Waals surface area contributed by atoms with Gasteiger partial charge in [-0.1, -0.05) is 30.3 Å². The molecule has 2 rings (SSSR count). The van der Waals surface area contributed by atoms with Crippen molar-refractivity contribution in [3.05, 3.63) is 40.9 Å². The molecule has 18 heavy (non-hydrogen) atoms. The third kappa shape index (κ3) is 2.80. The fourth-order valence-corrected chi connectivity index (χ4v) is 2.22. The lowest BCUT2D eigenvalue weighted by molar-refractivity contribution is -0.133. The van der Waals surface area contributed by atoms with E-state index >= 15 is 0 Å². The molecule has 0 heterocycles. The zero-order chi connectivity index (χ0) is 13.0. The van der Waals surface area contributed by atoms with Crippen molar-refractivity contribution >= 4 is 32.6 Å². The van der Waals surface area contributed by atoms with E-state index in [9.17, 15) is 4.79 Å². The molecule has 1 N–H and O–H groups in total. The van der Waals surface area contributed by atoms with Gasteiger partial charge < -0.3 is 4.74 Å². The maximum absolute atomic E-state index is 11.2. The van der Waals surface area contributed by atoms with Crippen molar-refractivity contribution in [2.75, 3.05) is 13.7 Å². The molecule has 0 aromatic heterocycles. The lowest BCUT2D eigenvalue weighted by Crippen LogP contribution is -2.27. The van der Waals surface area contributed by atoms with Crippen molar-refractivity contribution in [2.24, 2.45) is 0 Å². The predicted octanol–water partition coefficient (Wildman–Crippen LogP) is 2.66. The molecule has 0 aliphatic heterocycles. The number of fused-ring (bicyclic) bond motifs is 1. The van der Waals surface area contributed by atoms with Crippen molar-refractivity contribution in [3.63, 3.8) is 0 Å². The standard InChI is InChI=1S/C13H12BrNO3/c1-17-15-12(16)8-18-11-7-6-9-4-2-3-5-10(9)13(11)14/h2-7H,8H2,1H3,(H,15,16). The largest absolute Gasteiger partial charge is 0.482 e. The van der Waals surface area contributed by atoms with Gasteiger partial charge in [-0.25, -0.2) is 5.48 Å². The molecule has 0 bridgehead atoms. The highest BCUT2D eigenvalue weighted by molar-refractivity contribution is 9.10. The normalized spacial score (nSPS) is 10.3. The minimum absolute atomic E-state index is 0.0925. The first-order valence-electron chi connectivity index (χ1n) is 5.34. The van der Waals surface area contributed by atoms with E-state index < -0.39 is 0 Å². The Hall–Kier alpha value is -1.59. The van der Waals surface area contributed by atoms with Gasteiger partial charge >= 0.3 is 0 Å². The van der Waals surface area contributed by atoms with Crippen LogP contribution in [0, 0.1) is 0 Å². The third-order valence-corrected chi connectivity index (χ3v) is 3.22. The summed E-state index contributed by atoms with van der Waals surface area (Å²) in [6, 6.07) is 11.7. The summed E-state index contributed by atoms with van der Waals surface area (Å²) >= 11 is 3.48. The van der Waals surface area contributed by atoms with Gasteiger partial charge in [0.15, 0.2) is 6.61 Å². The maximum atomic E-state index is 11.2. The Balaban J connectivity index is 2.19. The zero-order valence-corrected chi connectivity index (χ0v) is 11.4. The number of halogens is 1. The van der Waals surface area contributed by atoms with Crippen LogP contribution < -0.4 is 10.2 Å². The first-order valence-corrected chi connectivity index (χ1v) is 6.13. The maximum Gasteiger partial charge on any atom is 0.281 e. The molecule has 0 saturated heterocycles. The molecule has 0 aliphatic carbocycles. The first-order chi connectivity index (χ1) is 8.72. The first kappa shape index (κ1) is 12.9. The fourth-order valence-electron chi connectivity index (χ4n) is 1.61. The van der Waals surface area contributed by atoms with Crippen LogP contribution >= 0.6 is 15.9 Å². The van der Waals surface area contributed by atoms with Gasteiger partial charge in [0.25, 0.3) is 5.91 Å². The topological polar surface area (TPSA) is 47.6 Å². The molecular weight excluding hydrogens is 298 g/mol. The quantitative estimate of drug-likeness (QED) is 0.883. The smallest absolute Gasteiger partial charge is 0.281 e. The molecule has 0 radical (unpaired) electrons. The Morgan fingerprint density at radius 1 is 1.28 bits per heavy atom. The minimum atomic E-state index is -0.336. The number of rotatable bonds is 4. The van der Waals surface area contributed by atoms with E-state index in [0.717, 1.165) is 15.2 Å². The van der Waals surface area contributed by atoms with Crippen LogP contribution in [-0.4, -0.2) is 19.6 Å². The van der Waals surface area contributed by atoms with Gasteiger partial charge in [-0.2, -0.15) is 0 Å². The van der Waals surface area contributed by atoms with Crippen molar-refractivity contribution < 1.29 is 14.4 Å². The van der Waals surface area contributed by atoms with Crippen LogP contribution in [0.3, 0.4) is 0 Å². The number of ether oxygens (including phenoxy) is 1. The molecule has 0 fully saturated rings. The zero-order valence-electron chi connectivity index (χ0n) is 9.77. The molecule has 94 valence electrons. The second-order valence-corrected chi connectivity index (χ2v) is 4.41. The third-order valence-electron chi connectivity index (χ3n) is 2.40. The minimum Gasteiger partial charge on any atom is -0.482 e. The average Bonchev–Trinajstić information content (AvgIpc) is 2.39.